The van der Waals surface area contributed by atoms with Crippen molar-refractivity contribution in [2.45, 2.75) is 26.3 Å². The van der Waals surface area contributed by atoms with Gasteiger partial charge in [-0.1, -0.05) is 6.07 Å². The molecule has 21 heavy (non-hydrogen) atoms. The SMILES string of the molecule is CC(C)(C)N(C(=O)O)c1sc(-c2cccnc2)cc1C#N. The zero-order valence-corrected chi connectivity index (χ0v) is 12.8. The summed E-state index contributed by atoms with van der Waals surface area (Å²) in [5.74, 6) is 0. The Morgan fingerprint density at radius 1 is 1.48 bits per heavy atom. The van der Waals surface area contributed by atoms with E-state index in [1.807, 2.05) is 6.07 Å². The molecular weight excluding hydrogens is 286 g/mol. The van der Waals surface area contributed by atoms with Gasteiger partial charge in [0, 0.05) is 28.4 Å². The largest absolute Gasteiger partial charge is 0.465 e. The van der Waals surface area contributed by atoms with Crippen molar-refractivity contribution >= 4 is 22.4 Å². The van der Waals surface area contributed by atoms with Gasteiger partial charge in [0.05, 0.1) is 5.56 Å². The molecule has 0 bridgehead atoms. The Morgan fingerprint density at radius 2 is 2.19 bits per heavy atom. The van der Waals surface area contributed by atoms with Crippen LogP contribution >= 0.6 is 11.3 Å². The Labute approximate surface area is 127 Å². The Hall–Kier alpha value is -2.39. The standard InChI is InChI=1S/C15H15N3O2S/c1-15(2,3)18(14(19)20)13-11(8-16)7-12(21-13)10-5-4-6-17-9-10/h4-7,9H,1-3H3,(H,19,20). The normalized spacial score (nSPS) is 11.0. The average Bonchev–Trinajstić information content (AvgIpc) is 2.81. The number of aromatic nitrogens is 1. The second kappa shape index (κ2) is 5.54. The Morgan fingerprint density at radius 3 is 2.67 bits per heavy atom. The molecule has 0 aliphatic heterocycles. The molecule has 0 atom stereocenters. The summed E-state index contributed by atoms with van der Waals surface area (Å²) in [5.41, 5.74) is 0.592. The van der Waals surface area contributed by atoms with Gasteiger partial charge in [0.25, 0.3) is 0 Å². The number of rotatable bonds is 2. The molecule has 5 nitrogen and oxygen atoms in total. The molecule has 0 aliphatic rings. The number of carboxylic acid groups (broad SMARTS) is 1. The van der Waals surface area contributed by atoms with Crippen LogP contribution in [0.5, 0.6) is 0 Å². The van der Waals surface area contributed by atoms with Crippen LogP contribution < -0.4 is 4.90 Å². The summed E-state index contributed by atoms with van der Waals surface area (Å²) in [4.78, 5) is 17.7. The quantitative estimate of drug-likeness (QED) is 0.910. The number of hydrogen-bond acceptors (Lipinski definition) is 4. The Balaban J connectivity index is 2.57. The van der Waals surface area contributed by atoms with E-state index in [-0.39, 0.29) is 0 Å². The maximum absolute atomic E-state index is 11.6. The number of anilines is 1. The van der Waals surface area contributed by atoms with Crippen LogP contribution in [0.1, 0.15) is 26.3 Å². The van der Waals surface area contributed by atoms with Gasteiger partial charge in [-0.05, 0) is 32.9 Å². The number of pyridine rings is 1. The molecule has 0 unspecified atom stereocenters. The monoisotopic (exact) mass is 301 g/mol. The number of amides is 1. The molecule has 0 aromatic carbocycles. The lowest BCUT2D eigenvalue weighted by Crippen LogP contribution is -2.45. The summed E-state index contributed by atoms with van der Waals surface area (Å²) in [6.45, 7) is 5.39. The van der Waals surface area contributed by atoms with Gasteiger partial charge in [-0.25, -0.2) is 4.79 Å². The van der Waals surface area contributed by atoms with Gasteiger partial charge in [0.2, 0.25) is 0 Å². The highest BCUT2D eigenvalue weighted by Crippen LogP contribution is 2.39. The van der Waals surface area contributed by atoms with E-state index in [2.05, 4.69) is 11.1 Å². The van der Waals surface area contributed by atoms with Crippen LogP contribution in [0.3, 0.4) is 0 Å². The number of nitrogens with zero attached hydrogens (tertiary/aromatic N) is 3. The lowest BCUT2D eigenvalue weighted by molar-refractivity contribution is 0.196. The van der Waals surface area contributed by atoms with Gasteiger partial charge in [-0.3, -0.25) is 9.88 Å². The van der Waals surface area contributed by atoms with E-state index in [0.717, 1.165) is 10.4 Å². The predicted molar refractivity (Wildman–Crippen MR) is 82.5 cm³/mol. The van der Waals surface area contributed by atoms with Gasteiger partial charge < -0.3 is 5.11 Å². The van der Waals surface area contributed by atoms with Crippen molar-refractivity contribution in [1.29, 1.82) is 5.26 Å². The second-order valence-electron chi connectivity index (χ2n) is 5.47. The third-order valence-corrected chi connectivity index (χ3v) is 4.01. The zero-order valence-electron chi connectivity index (χ0n) is 12.0. The minimum Gasteiger partial charge on any atom is -0.465 e. The van der Waals surface area contributed by atoms with Crippen molar-refractivity contribution in [3.63, 3.8) is 0 Å². The first kappa shape index (κ1) is 15.0. The van der Waals surface area contributed by atoms with Gasteiger partial charge in [0.15, 0.2) is 0 Å². The van der Waals surface area contributed by atoms with E-state index in [1.165, 1.54) is 16.2 Å². The molecule has 2 aromatic heterocycles. The van der Waals surface area contributed by atoms with Crippen LogP contribution in [0, 0.1) is 11.3 Å². The fourth-order valence-corrected chi connectivity index (χ4v) is 3.24. The summed E-state index contributed by atoms with van der Waals surface area (Å²) in [6, 6.07) is 7.47. The molecule has 1 amide bonds. The van der Waals surface area contributed by atoms with Gasteiger partial charge in [-0.15, -0.1) is 11.3 Å². The van der Waals surface area contributed by atoms with Crippen molar-refractivity contribution < 1.29 is 9.90 Å². The van der Waals surface area contributed by atoms with Crippen molar-refractivity contribution in [2.24, 2.45) is 0 Å². The molecule has 108 valence electrons. The van der Waals surface area contributed by atoms with Crippen LogP contribution in [0.2, 0.25) is 0 Å². The molecule has 6 heteroatoms. The molecule has 2 aromatic rings. The molecule has 0 saturated carbocycles. The van der Waals surface area contributed by atoms with E-state index in [1.54, 1.807) is 45.3 Å². The molecule has 2 rings (SSSR count). The minimum atomic E-state index is -1.07. The zero-order chi connectivity index (χ0) is 15.6. The van der Waals surface area contributed by atoms with E-state index in [4.69, 9.17) is 0 Å². The van der Waals surface area contributed by atoms with Crippen LogP contribution in [0.4, 0.5) is 9.80 Å². The van der Waals surface area contributed by atoms with Crippen LogP contribution in [0.25, 0.3) is 10.4 Å². The second-order valence-corrected chi connectivity index (χ2v) is 6.50. The summed E-state index contributed by atoms with van der Waals surface area (Å²) < 4.78 is 0. The van der Waals surface area contributed by atoms with E-state index in [9.17, 15) is 15.2 Å². The third kappa shape index (κ3) is 3.03. The molecule has 0 spiro atoms. The minimum absolute atomic E-state index is 0.358. The van der Waals surface area contributed by atoms with Crippen LogP contribution in [-0.2, 0) is 0 Å². The van der Waals surface area contributed by atoms with Crippen molar-refractivity contribution in [1.82, 2.24) is 4.98 Å². The number of thiophene rings is 1. The summed E-state index contributed by atoms with van der Waals surface area (Å²) >= 11 is 1.28. The lowest BCUT2D eigenvalue weighted by Gasteiger charge is -2.32. The van der Waals surface area contributed by atoms with Gasteiger partial charge in [-0.2, -0.15) is 5.26 Å². The molecule has 0 fully saturated rings. The van der Waals surface area contributed by atoms with Crippen molar-refractivity contribution in [2.75, 3.05) is 4.90 Å². The lowest BCUT2D eigenvalue weighted by atomic mass is 10.1. The molecule has 0 saturated heterocycles. The molecular formula is C15H15N3O2S. The van der Waals surface area contributed by atoms with E-state index in [0.29, 0.717) is 10.6 Å². The smallest absolute Gasteiger partial charge is 0.412 e. The molecule has 2 heterocycles. The summed E-state index contributed by atoms with van der Waals surface area (Å²) in [7, 11) is 0. The molecule has 0 aliphatic carbocycles. The highest BCUT2D eigenvalue weighted by molar-refractivity contribution is 7.19. The topological polar surface area (TPSA) is 77.2 Å². The fraction of sp³-hybridized carbons (Fsp3) is 0.267. The number of carbonyl (C=O) groups is 1. The maximum Gasteiger partial charge on any atom is 0.412 e. The fourth-order valence-electron chi connectivity index (χ4n) is 1.96. The van der Waals surface area contributed by atoms with Crippen molar-refractivity contribution in [3.8, 4) is 16.5 Å². The number of nitriles is 1. The first-order valence-electron chi connectivity index (χ1n) is 6.32. The number of hydrogen-bond donors (Lipinski definition) is 1. The van der Waals surface area contributed by atoms with Crippen LogP contribution in [0.15, 0.2) is 30.6 Å². The van der Waals surface area contributed by atoms with E-state index < -0.39 is 11.6 Å². The average molecular weight is 301 g/mol. The molecule has 1 N–H and O–H groups in total. The van der Waals surface area contributed by atoms with Gasteiger partial charge in [0.1, 0.15) is 11.1 Å². The first-order chi connectivity index (χ1) is 9.84. The summed E-state index contributed by atoms with van der Waals surface area (Å²) in [6.07, 6.45) is 2.29. The predicted octanol–water partition coefficient (Wildman–Crippen LogP) is 3.96. The van der Waals surface area contributed by atoms with E-state index >= 15 is 0 Å². The Kier molecular flexibility index (Phi) is 3.96. The molecule has 0 radical (unpaired) electrons. The summed E-state index contributed by atoms with van der Waals surface area (Å²) in [5, 5.41) is 19.2. The van der Waals surface area contributed by atoms with Crippen molar-refractivity contribution in [3.05, 3.63) is 36.2 Å². The van der Waals surface area contributed by atoms with Gasteiger partial charge >= 0.3 is 6.09 Å². The third-order valence-electron chi connectivity index (χ3n) is 2.84. The first-order valence-corrected chi connectivity index (χ1v) is 7.13. The maximum atomic E-state index is 11.6. The van der Waals surface area contributed by atoms with Crippen LogP contribution in [-0.4, -0.2) is 21.7 Å². The highest BCUT2D eigenvalue weighted by atomic mass is 32.1. The Bertz CT molecular complexity index is 696. The highest BCUT2D eigenvalue weighted by Gasteiger charge is 2.31.